The van der Waals surface area contributed by atoms with Crippen molar-refractivity contribution in [2.45, 2.75) is 45.7 Å². The monoisotopic (exact) mass is 246 g/mol. The number of carboxylic acids is 1. The maximum absolute atomic E-state index is 11.5. The van der Waals surface area contributed by atoms with Crippen LogP contribution in [0.15, 0.2) is 0 Å². The van der Waals surface area contributed by atoms with Gasteiger partial charge in [0.25, 0.3) is 0 Å². The van der Waals surface area contributed by atoms with Crippen LogP contribution in [0.5, 0.6) is 0 Å². The summed E-state index contributed by atoms with van der Waals surface area (Å²) < 4.78 is 5.14. The molecule has 2 atom stereocenters. The number of aliphatic carboxylic acids is 1. The van der Waals surface area contributed by atoms with Crippen LogP contribution < -0.4 is 10.6 Å². The molecule has 0 radical (unpaired) electrons. The molecule has 100 valence electrons. The fourth-order valence-corrected chi connectivity index (χ4v) is 1.31. The lowest BCUT2D eigenvalue weighted by atomic mass is 10.2. The number of carboxylic acid groups (broad SMARTS) is 1. The lowest BCUT2D eigenvalue weighted by molar-refractivity contribution is -0.139. The van der Waals surface area contributed by atoms with Crippen molar-refractivity contribution in [3.05, 3.63) is 0 Å². The molecule has 0 saturated carbocycles. The standard InChI is InChI=1S/C11H22N2O4/c1-4-6-9(10(14)15)13-11(16)12-8(3)7-17-5-2/h8-9H,4-7H2,1-3H3,(H,14,15)(H2,12,13,16). The van der Waals surface area contributed by atoms with Gasteiger partial charge in [0, 0.05) is 6.61 Å². The summed E-state index contributed by atoms with van der Waals surface area (Å²) in [5.41, 5.74) is 0. The number of hydrogen-bond acceptors (Lipinski definition) is 3. The van der Waals surface area contributed by atoms with Crippen LogP contribution in [0.2, 0.25) is 0 Å². The summed E-state index contributed by atoms with van der Waals surface area (Å²) >= 11 is 0. The first kappa shape index (κ1) is 15.7. The second kappa shape index (κ2) is 8.81. The number of carbonyl (C=O) groups excluding carboxylic acids is 1. The smallest absolute Gasteiger partial charge is 0.326 e. The fraction of sp³-hybridized carbons (Fsp3) is 0.818. The van der Waals surface area contributed by atoms with Crippen molar-refractivity contribution in [3.63, 3.8) is 0 Å². The second-order valence-electron chi connectivity index (χ2n) is 3.86. The molecule has 2 unspecified atom stereocenters. The molecular formula is C11H22N2O4. The summed E-state index contributed by atoms with van der Waals surface area (Å²) in [6.07, 6.45) is 1.12. The molecule has 0 aliphatic heterocycles. The van der Waals surface area contributed by atoms with Crippen LogP contribution >= 0.6 is 0 Å². The lowest BCUT2D eigenvalue weighted by Gasteiger charge is -2.17. The molecule has 0 rings (SSSR count). The third kappa shape index (κ3) is 7.57. The topological polar surface area (TPSA) is 87.7 Å². The highest BCUT2D eigenvalue weighted by atomic mass is 16.5. The minimum Gasteiger partial charge on any atom is -0.480 e. The number of urea groups is 1. The van der Waals surface area contributed by atoms with E-state index in [4.69, 9.17) is 9.84 Å². The van der Waals surface area contributed by atoms with Gasteiger partial charge in [0.1, 0.15) is 6.04 Å². The summed E-state index contributed by atoms with van der Waals surface area (Å²) in [6.45, 7) is 6.53. The quantitative estimate of drug-likeness (QED) is 0.595. The number of nitrogens with one attached hydrogen (secondary N) is 2. The van der Waals surface area contributed by atoms with Gasteiger partial charge in [-0.2, -0.15) is 0 Å². The second-order valence-corrected chi connectivity index (χ2v) is 3.86. The predicted octanol–water partition coefficient (Wildman–Crippen LogP) is 0.964. The molecule has 6 nitrogen and oxygen atoms in total. The van der Waals surface area contributed by atoms with E-state index in [-0.39, 0.29) is 6.04 Å². The summed E-state index contributed by atoms with van der Waals surface area (Å²) in [5, 5.41) is 13.9. The SMILES string of the molecule is CCCC(NC(=O)NC(C)COCC)C(=O)O. The van der Waals surface area contributed by atoms with Gasteiger partial charge in [-0.3, -0.25) is 0 Å². The van der Waals surface area contributed by atoms with Crippen LogP contribution in [-0.4, -0.2) is 42.4 Å². The van der Waals surface area contributed by atoms with Crippen molar-refractivity contribution in [2.24, 2.45) is 0 Å². The molecule has 0 heterocycles. The maximum Gasteiger partial charge on any atom is 0.326 e. The van der Waals surface area contributed by atoms with Gasteiger partial charge >= 0.3 is 12.0 Å². The summed E-state index contributed by atoms with van der Waals surface area (Å²) in [7, 11) is 0. The Balaban J connectivity index is 4.00. The van der Waals surface area contributed by atoms with Gasteiger partial charge < -0.3 is 20.5 Å². The average Bonchev–Trinajstić information content (AvgIpc) is 2.25. The predicted molar refractivity (Wildman–Crippen MR) is 64.0 cm³/mol. The first-order valence-corrected chi connectivity index (χ1v) is 5.88. The zero-order valence-electron chi connectivity index (χ0n) is 10.7. The Morgan fingerprint density at radius 1 is 1.29 bits per heavy atom. The summed E-state index contributed by atoms with van der Waals surface area (Å²) in [4.78, 5) is 22.3. The van der Waals surface area contributed by atoms with Crippen LogP contribution in [0.1, 0.15) is 33.6 Å². The molecule has 0 aromatic carbocycles. The van der Waals surface area contributed by atoms with E-state index in [1.165, 1.54) is 0 Å². The molecule has 17 heavy (non-hydrogen) atoms. The molecule has 2 amide bonds. The average molecular weight is 246 g/mol. The lowest BCUT2D eigenvalue weighted by Crippen LogP contribution is -2.49. The van der Waals surface area contributed by atoms with E-state index in [2.05, 4.69) is 10.6 Å². The Labute approximate surface area is 102 Å². The van der Waals surface area contributed by atoms with Gasteiger partial charge in [0.2, 0.25) is 0 Å². The van der Waals surface area contributed by atoms with Crippen LogP contribution in [-0.2, 0) is 9.53 Å². The Morgan fingerprint density at radius 2 is 1.94 bits per heavy atom. The number of rotatable bonds is 8. The minimum atomic E-state index is -1.01. The van der Waals surface area contributed by atoms with Gasteiger partial charge in [-0.15, -0.1) is 0 Å². The van der Waals surface area contributed by atoms with Crippen molar-refractivity contribution in [3.8, 4) is 0 Å². The Bertz CT molecular complexity index is 246. The summed E-state index contributed by atoms with van der Waals surface area (Å²) in [6, 6.07) is -1.46. The molecule has 0 aromatic rings. The molecule has 0 aromatic heterocycles. The number of hydrogen-bond donors (Lipinski definition) is 3. The Hall–Kier alpha value is -1.30. The van der Waals surface area contributed by atoms with Crippen LogP contribution in [0.25, 0.3) is 0 Å². The molecule has 0 spiro atoms. The first-order valence-electron chi connectivity index (χ1n) is 5.88. The molecule has 0 fully saturated rings. The zero-order valence-corrected chi connectivity index (χ0v) is 10.7. The van der Waals surface area contributed by atoms with Crippen LogP contribution in [0.3, 0.4) is 0 Å². The number of carbonyl (C=O) groups is 2. The van der Waals surface area contributed by atoms with Crippen molar-refractivity contribution in [1.29, 1.82) is 0 Å². The molecule has 0 bridgehead atoms. The normalized spacial score (nSPS) is 13.8. The maximum atomic E-state index is 11.5. The molecule has 0 aliphatic rings. The zero-order chi connectivity index (χ0) is 13.3. The van der Waals surface area contributed by atoms with Crippen molar-refractivity contribution < 1.29 is 19.4 Å². The van der Waals surface area contributed by atoms with E-state index in [1.807, 2.05) is 13.8 Å². The van der Waals surface area contributed by atoms with Gasteiger partial charge in [-0.1, -0.05) is 13.3 Å². The van der Waals surface area contributed by atoms with Crippen LogP contribution in [0, 0.1) is 0 Å². The molecule has 3 N–H and O–H groups in total. The fourth-order valence-electron chi connectivity index (χ4n) is 1.31. The highest BCUT2D eigenvalue weighted by Crippen LogP contribution is 1.96. The molecule has 6 heteroatoms. The van der Waals surface area contributed by atoms with Gasteiger partial charge in [0.05, 0.1) is 12.6 Å². The minimum absolute atomic E-state index is 0.147. The third-order valence-corrected chi connectivity index (χ3v) is 2.13. The Kier molecular flexibility index (Phi) is 8.13. The van der Waals surface area contributed by atoms with Crippen molar-refractivity contribution in [2.75, 3.05) is 13.2 Å². The van der Waals surface area contributed by atoms with Gasteiger partial charge in [0.15, 0.2) is 0 Å². The van der Waals surface area contributed by atoms with E-state index in [1.54, 1.807) is 6.92 Å². The third-order valence-electron chi connectivity index (χ3n) is 2.13. The van der Waals surface area contributed by atoms with Gasteiger partial charge in [-0.05, 0) is 20.3 Å². The van der Waals surface area contributed by atoms with Crippen molar-refractivity contribution >= 4 is 12.0 Å². The number of amides is 2. The van der Waals surface area contributed by atoms with Crippen LogP contribution in [0.4, 0.5) is 4.79 Å². The van der Waals surface area contributed by atoms with Gasteiger partial charge in [-0.25, -0.2) is 9.59 Å². The van der Waals surface area contributed by atoms with E-state index in [9.17, 15) is 9.59 Å². The van der Waals surface area contributed by atoms with E-state index < -0.39 is 18.0 Å². The first-order chi connectivity index (χ1) is 8.01. The van der Waals surface area contributed by atoms with Crippen molar-refractivity contribution in [1.82, 2.24) is 10.6 Å². The largest absolute Gasteiger partial charge is 0.480 e. The van der Waals surface area contributed by atoms with E-state index >= 15 is 0 Å². The number of ether oxygens (including phenoxy) is 1. The molecular weight excluding hydrogens is 224 g/mol. The van der Waals surface area contributed by atoms with E-state index in [0.29, 0.717) is 26.1 Å². The highest BCUT2D eigenvalue weighted by molar-refractivity contribution is 5.82. The van der Waals surface area contributed by atoms with E-state index in [0.717, 1.165) is 0 Å². The highest BCUT2D eigenvalue weighted by Gasteiger charge is 2.19. The Morgan fingerprint density at radius 3 is 2.41 bits per heavy atom. The summed E-state index contributed by atoms with van der Waals surface area (Å²) in [5.74, 6) is -1.01. The molecule has 0 aliphatic carbocycles. The molecule has 0 saturated heterocycles.